The molecule has 1 aromatic rings. The monoisotopic (exact) mass is 250 g/mol. The molecule has 2 N–H and O–H groups in total. The first-order valence-electron chi connectivity index (χ1n) is 5.68. The molecule has 1 saturated heterocycles. The third kappa shape index (κ3) is 2.09. The van der Waals surface area contributed by atoms with Crippen LogP contribution in [0.3, 0.4) is 0 Å². The lowest BCUT2D eigenvalue weighted by Gasteiger charge is -2.17. The van der Waals surface area contributed by atoms with Gasteiger partial charge in [-0.25, -0.2) is 0 Å². The van der Waals surface area contributed by atoms with Crippen LogP contribution < -0.4 is 0 Å². The van der Waals surface area contributed by atoms with E-state index in [9.17, 15) is 14.7 Å². The summed E-state index contributed by atoms with van der Waals surface area (Å²) >= 11 is 0. The van der Waals surface area contributed by atoms with Gasteiger partial charge in [-0.3, -0.25) is 9.59 Å². The minimum absolute atomic E-state index is 0.661. The average molecular weight is 250 g/mol. The molecule has 1 heterocycles. The number of hydrogen-bond acceptors (Lipinski definition) is 4. The van der Waals surface area contributed by atoms with Gasteiger partial charge in [0.05, 0.1) is 11.8 Å². The quantitative estimate of drug-likeness (QED) is 0.781. The molecule has 96 valence electrons. The van der Waals surface area contributed by atoms with Gasteiger partial charge in [0.1, 0.15) is 6.10 Å². The van der Waals surface area contributed by atoms with Crippen LogP contribution in [0.2, 0.25) is 0 Å². The summed E-state index contributed by atoms with van der Waals surface area (Å²) in [5.41, 5.74) is 0.665. The normalized spacial score (nSPS) is 28.8. The summed E-state index contributed by atoms with van der Waals surface area (Å²) in [7, 11) is 0. The maximum absolute atomic E-state index is 11.7. The highest BCUT2D eigenvalue weighted by atomic mass is 16.6. The van der Waals surface area contributed by atoms with E-state index in [0.29, 0.717) is 5.56 Å². The maximum atomic E-state index is 11.7. The van der Waals surface area contributed by atoms with Crippen molar-refractivity contribution in [3.63, 3.8) is 0 Å². The standard InChI is InChI=1S/C13H14O5/c1-7(12(15)16)9-10(14)11(18-13(9)17)8-5-3-2-4-6-8/h2-7,9-11,14H,1H3,(H,15,16)/t7-,9-,10-,11-/m1/s1. The number of carbonyl (C=O) groups excluding carboxylic acids is 1. The second-order valence-corrected chi connectivity index (χ2v) is 4.41. The molecule has 0 bridgehead atoms. The summed E-state index contributed by atoms with van der Waals surface area (Å²) in [6.45, 7) is 1.39. The van der Waals surface area contributed by atoms with Crippen molar-refractivity contribution in [2.75, 3.05) is 0 Å². The molecular formula is C13H14O5. The zero-order chi connectivity index (χ0) is 13.3. The molecule has 0 aromatic heterocycles. The summed E-state index contributed by atoms with van der Waals surface area (Å²) in [6.07, 6.45) is -1.92. The van der Waals surface area contributed by atoms with Crippen LogP contribution >= 0.6 is 0 Å². The van der Waals surface area contributed by atoms with Gasteiger partial charge in [-0.05, 0) is 5.56 Å². The third-order valence-electron chi connectivity index (χ3n) is 3.25. The predicted molar refractivity (Wildman–Crippen MR) is 61.6 cm³/mol. The van der Waals surface area contributed by atoms with Crippen molar-refractivity contribution in [3.8, 4) is 0 Å². The first-order valence-corrected chi connectivity index (χ1v) is 5.68. The summed E-state index contributed by atoms with van der Waals surface area (Å²) in [6, 6.07) is 8.81. The third-order valence-corrected chi connectivity index (χ3v) is 3.25. The maximum Gasteiger partial charge on any atom is 0.313 e. The van der Waals surface area contributed by atoms with E-state index in [0.717, 1.165) is 0 Å². The van der Waals surface area contributed by atoms with Gasteiger partial charge in [0.25, 0.3) is 0 Å². The summed E-state index contributed by atoms with van der Waals surface area (Å²) < 4.78 is 5.09. The Morgan fingerprint density at radius 3 is 2.50 bits per heavy atom. The SMILES string of the molecule is C[C@@H](C(=O)O)[C@H]1C(=O)O[C@H](c2ccccc2)[C@@H]1O. The summed E-state index contributed by atoms with van der Waals surface area (Å²) in [5, 5.41) is 19.0. The van der Waals surface area contributed by atoms with Gasteiger partial charge < -0.3 is 14.9 Å². The van der Waals surface area contributed by atoms with Crippen LogP contribution in [0.15, 0.2) is 30.3 Å². The average Bonchev–Trinajstić information content (AvgIpc) is 2.65. The fourth-order valence-electron chi connectivity index (χ4n) is 2.16. The number of carbonyl (C=O) groups is 2. The molecule has 0 saturated carbocycles. The Labute approximate surface area is 104 Å². The first-order chi connectivity index (χ1) is 8.52. The molecule has 0 spiro atoms. The van der Waals surface area contributed by atoms with Crippen LogP contribution in [0.1, 0.15) is 18.6 Å². The fourth-order valence-corrected chi connectivity index (χ4v) is 2.16. The molecule has 1 aliphatic rings. The number of aliphatic carboxylic acids is 1. The molecular weight excluding hydrogens is 236 g/mol. The molecule has 5 heteroatoms. The van der Waals surface area contributed by atoms with Gasteiger partial charge in [0.2, 0.25) is 0 Å². The number of cyclic esters (lactones) is 1. The van der Waals surface area contributed by atoms with Crippen molar-refractivity contribution in [2.45, 2.75) is 19.1 Å². The lowest BCUT2D eigenvalue weighted by atomic mass is 9.87. The lowest BCUT2D eigenvalue weighted by Crippen LogP contribution is -2.32. The van der Waals surface area contributed by atoms with Crippen LogP contribution in [-0.2, 0) is 14.3 Å². The molecule has 1 aliphatic heterocycles. The molecule has 1 aromatic carbocycles. The molecule has 0 radical (unpaired) electrons. The Morgan fingerprint density at radius 2 is 1.94 bits per heavy atom. The van der Waals surface area contributed by atoms with Crippen LogP contribution in [0.4, 0.5) is 0 Å². The number of benzene rings is 1. The van der Waals surface area contributed by atoms with E-state index in [1.54, 1.807) is 24.3 Å². The van der Waals surface area contributed by atoms with Crippen LogP contribution in [0.25, 0.3) is 0 Å². The second-order valence-electron chi connectivity index (χ2n) is 4.41. The largest absolute Gasteiger partial charge is 0.481 e. The van der Waals surface area contributed by atoms with E-state index < -0.39 is 36.0 Å². The number of aliphatic hydroxyl groups excluding tert-OH is 1. The van der Waals surface area contributed by atoms with E-state index in [2.05, 4.69) is 0 Å². The highest BCUT2D eigenvalue weighted by Gasteiger charge is 2.48. The van der Waals surface area contributed by atoms with Gasteiger partial charge in [0.15, 0.2) is 6.10 Å². The topological polar surface area (TPSA) is 83.8 Å². The predicted octanol–water partition coefficient (Wildman–Crippen LogP) is 0.982. The van der Waals surface area contributed by atoms with Crippen LogP contribution in [0.5, 0.6) is 0 Å². The lowest BCUT2D eigenvalue weighted by molar-refractivity contribution is -0.152. The zero-order valence-electron chi connectivity index (χ0n) is 9.82. The molecule has 0 unspecified atom stereocenters. The number of ether oxygens (including phenoxy) is 1. The molecule has 1 fully saturated rings. The van der Waals surface area contributed by atoms with E-state index in [-0.39, 0.29) is 0 Å². The van der Waals surface area contributed by atoms with Crippen molar-refractivity contribution < 1.29 is 24.5 Å². The number of aliphatic hydroxyl groups is 1. The van der Waals surface area contributed by atoms with Crippen molar-refractivity contribution in [1.29, 1.82) is 0 Å². The van der Waals surface area contributed by atoms with Crippen molar-refractivity contribution in [1.82, 2.24) is 0 Å². The smallest absolute Gasteiger partial charge is 0.313 e. The van der Waals surface area contributed by atoms with E-state index in [1.165, 1.54) is 6.92 Å². The van der Waals surface area contributed by atoms with Crippen molar-refractivity contribution in [3.05, 3.63) is 35.9 Å². The Kier molecular flexibility index (Phi) is 3.34. The summed E-state index contributed by atoms with van der Waals surface area (Å²) in [5.74, 6) is -3.77. The molecule has 4 atom stereocenters. The van der Waals surface area contributed by atoms with E-state index >= 15 is 0 Å². The Bertz CT molecular complexity index is 456. The van der Waals surface area contributed by atoms with Gasteiger partial charge in [-0.1, -0.05) is 37.3 Å². The molecule has 0 aliphatic carbocycles. The van der Waals surface area contributed by atoms with Crippen molar-refractivity contribution >= 4 is 11.9 Å². The highest BCUT2D eigenvalue weighted by Crippen LogP contribution is 2.37. The fraction of sp³-hybridized carbons (Fsp3) is 0.385. The Balaban J connectivity index is 2.24. The van der Waals surface area contributed by atoms with Gasteiger partial charge in [-0.15, -0.1) is 0 Å². The Hall–Kier alpha value is -1.88. The summed E-state index contributed by atoms with van der Waals surface area (Å²) in [4.78, 5) is 22.6. The number of carboxylic acids is 1. The van der Waals surface area contributed by atoms with Gasteiger partial charge in [0, 0.05) is 0 Å². The molecule has 5 nitrogen and oxygen atoms in total. The van der Waals surface area contributed by atoms with Gasteiger partial charge in [-0.2, -0.15) is 0 Å². The molecule has 2 rings (SSSR count). The Morgan fingerprint density at radius 1 is 1.33 bits per heavy atom. The first kappa shape index (κ1) is 12.6. The zero-order valence-corrected chi connectivity index (χ0v) is 9.82. The number of esters is 1. The second kappa shape index (κ2) is 4.78. The number of rotatable bonds is 3. The molecule has 0 amide bonds. The highest BCUT2D eigenvalue weighted by molar-refractivity contribution is 5.83. The molecule has 18 heavy (non-hydrogen) atoms. The minimum atomic E-state index is -1.13. The van der Waals surface area contributed by atoms with Crippen molar-refractivity contribution in [2.24, 2.45) is 11.8 Å². The number of carboxylic acid groups (broad SMARTS) is 1. The number of hydrogen-bond donors (Lipinski definition) is 2. The van der Waals surface area contributed by atoms with Crippen LogP contribution in [0, 0.1) is 11.8 Å². The van der Waals surface area contributed by atoms with Crippen LogP contribution in [-0.4, -0.2) is 28.3 Å². The van der Waals surface area contributed by atoms with E-state index in [1.807, 2.05) is 6.07 Å². The minimum Gasteiger partial charge on any atom is -0.481 e. The van der Waals surface area contributed by atoms with Gasteiger partial charge >= 0.3 is 11.9 Å². The van der Waals surface area contributed by atoms with E-state index in [4.69, 9.17) is 9.84 Å².